The molecule has 0 aromatic rings. The van der Waals surface area contributed by atoms with Crippen LogP contribution in [0.3, 0.4) is 0 Å². The standard InChI is InChI=1S/C63H109N2O6P/c1-6-8-10-12-14-16-17-18-19-20-21-22-23-24-25-26-27-28-29-30-31-32-33-34-35-36-37-38-39-40-41-42-43-44-45-46-47-49-51-53-55-57-63(67)64-61(60-71-72(68,69)70-59-58-65(3,4)5)62(66)56-54-52-50-48-15-13-11-9-7-2/h8,10,14,16,18-19,21-22,24-25,27-28,30-31,33-34,36-37,54,56,61-62,66H,6-7,9,11-13,15,17,20,23,26,29,32,35,38-53,55,57-60H2,1-5H3,(H-,64,67,68,69)/p+1/b10-8-,16-14-,19-18-,22-21-,25-24-,28-27-,31-30-,34-33-,37-36-,56-54+. The van der Waals surface area contributed by atoms with Crippen molar-refractivity contribution in [2.45, 2.75) is 231 Å². The molecule has 3 atom stereocenters. The van der Waals surface area contributed by atoms with E-state index in [-0.39, 0.29) is 19.1 Å². The van der Waals surface area contributed by atoms with Crippen LogP contribution in [-0.2, 0) is 18.4 Å². The molecule has 1 amide bonds. The summed E-state index contributed by atoms with van der Waals surface area (Å²) in [6.07, 6.45) is 78.9. The number of amides is 1. The third-order valence-electron chi connectivity index (χ3n) is 12.2. The number of phosphoric ester groups is 1. The molecule has 0 aliphatic heterocycles. The summed E-state index contributed by atoms with van der Waals surface area (Å²) < 4.78 is 23.6. The third-order valence-corrected chi connectivity index (χ3v) is 13.2. The van der Waals surface area contributed by atoms with Crippen LogP contribution in [0.15, 0.2) is 122 Å². The summed E-state index contributed by atoms with van der Waals surface area (Å²) in [7, 11) is 1.56. The van der Waals surface area contributed by atoms with Crippen molar-refractivity contribution in [1.82, 2.24) is 5.32 Å². The minimum atomic E-state index is -4.34. The van der Waals surface area contributed by atoms with Crippen molar-refractivity contribution in [3.05, 3.63) is 122 Å². The van der Waals surface area contributed by atoms with Gasteiger partial charge in [-0.15, -0.1) is 0 Å². The molecule has 0 spiro atoms. The Morgan fingerprint density at radius 3 is 1.22 bits per heavy atom. The number of rotatable bonds is 51. The first-order valence-electron chi connectivity index (χ1n) is 28.9. The van der Waals surface area contributed by atoms with Gasteiger partial charge in [0.25, 0.3) is 0 Å². The molecule has 0 fully saturated rings. The van der Waals surface area contributed by atoms with Crippen LogP contribution in [0.4, 0.5) is 0 Å². The first-order chi connectivity index (χ1) is 35.0. The second kappa shape index (κ2) is 52.8. The van der Waals surface area contributed by atoms with Gasteiger partial charge in [0.15, 0.2) is 0 Å². The molecular weight excluding hydrogens is 912 g/mol. The predicted molar refractivity (Wildman–Crippen MR) is 313 cm³/mol. The third kappa shape index (κ3) is 54.7. The van der Waals surface area contributed by atoms with Crippen LogP contribution in [0.25, 0.3) is 0 Å². The number of carbonyl (C=O) groups is 1. The molecule has 0 aliphatic rings. The highest BCUT2D eigenvalue weighted by molar-refractivity contribution is 7.47. The number of quaternary nitrogens is 1. The van der Waals surface area contributed by atoms with Gasteiger partial charge in [0.1, 0.15) is 13.2 Å². The molecule has 0 bridgehead atoms. The molecule has 0 saturated heterocycles. The molecule has 0 aromatic carbocycles. The fourth-order valence-corrected chi connectivity index (χ4v) is 8.42. The maximum Gasteiger partial charge on any atom is 0.472 e. The highest BCUT2D eigenvalue weighted by Gasteiger charge is 2.27. The van der Waals surface area contributed by atoms with E-state index in [1.165, 1.54) is 103 Å². The molecule has 0 aliphatic carbocycles. The van der Waals surface area contributed by atoms with E-state index in [1.54, 1.807) is 6.08 Å². The average Bonchev–Trinajstić information content (AvgIpc) is 3.34. The van der Waals surface area contributed by atoms with E-state index in [2.05, 4.69) is 129 Å². The summed E-state index contributed by atoms with van der Waals surface area (Å²) in [6, 6.07) is -0.851. The molecule has 3 unspecified atom stereocenters. The van der Waals surface area contributed by atoms with Crippen molar-refractivity contribution >= 4 is 13.7 Å². The number of nitrogens with zero attached hydrogens (tertiary/aromatic N) is 1. The number of aliphatic hydroxyl groups excluding tert-OH is 1. The minimum Gasteiger partial charge on any atom is -0.387 e. The topological polar surface area (TPSA) is 105 Å². The van der Waals surface area contributed by atoms with Crippen LogP contribution in [0.5, 0.6) is 0 Å². The maximum absolute atomic E-state index is 12.9. The number of likely N-dealkylation sites (N-methyl/N-ethyl adjacent to an activating group) is 1. The van der Waals surface area contributed by atoms with Crippen LogP contribution in [0, 0.1) is 0 Å². The summed E-state index contributed by atoms with van der Waals surface area (Å²) in [5, 5.41) is 13.8. The molecule has 72 heavy (non-hydrogen) atoms. The van der Waals surface area contributed by atoms with E-state index in [4.69, 9.17) is 9.05 Å². The van der Waals surface area contributed by atoms with Gasteiger partial charge in [0.05, 0.1) is 39.9 Å². The van der Waals surface area contributed by atoms with Crippen LogP contribution >= 0.6 is 7.82 Å². The van der Waals surface area contributed by atoms with E-state index in [1.807, 2.05) is 27.2 Å². The minimum absolute atomic E-state index is 0.0567. The normalized spacial score (nSPS) is 14.8. The number of aliphatic hydroxyl groups is 1. The number of hydrogen-bond donors (Lipinski definition) is 3. The van der Waals surface area contributed by atoms with E-state index in [0.717, 1.165) is 96.3 Å². The first-order valence-corrected chi connectivity index (χ1v) is 30.4. The summed E-state index contributed by atoms with van der Waals surface area (Å²) in [4.78, 5) is 23.2. The molecular formula is C63H110N2O6P+. The lowest BCUT2D eigenvalue weighted by molar-refractivity contribution is -0.870. The van der Waals surface area contributed by atoms with E-state index in [0.29, 0.717) is 17.4 Å². The Bertz CT molecular complexity index is 1580. The average molecular weight is 1020 g/mol. The lowest BCUT2D eigenvalue weighted by atomic mass is 10.0. The fourth-order valence-electron chi connectivity index (χ4n) is 7.68. The Balaban J connectivity index is 3.96. The lowest BCUT2D eigenvalue weighted by Gasteiger charge is -2.25. The highest BCUT2D eigenvalue weighted by Crippen LogP contribution is 2.43. The Morgan fingerprint density at radius 1 is 0.486 bits per heavy atom. The second-order valence-electron chi connectivity index (χ2n) is 20.3. The highest BCUT2D eigenvalue weighted by atomic mass is 31.2. The van der Waals surface area contributed by atoms with Crippen LogP contribution in [0.2, 0.25) is 0 Å². The maximum atomic E-state index is 12.9. The van der Waals surface area contributed by atoms with Crippen molar-refractivity contribution in [1.29, 1.82) is 0 Å². The Hall–Kier alpha value is -3.10. The quantitative estimate of drug-likeness (QED) is 0.0243. The van der Waals surface area contributed by atoms with Crippen molar-refractivity contribution in [3.63, 3.8) is 0 Å². The predicted octanol–water partition coefficient (Wildman–Crippen LogP) is 17.8. The van der Waals surface area contributed by atoms with Gasteiger partial charge >= 0.3 is 7.82 Å². The van der Waals surface area contributed by atoms with Crippen LogP contribution in [0.1, 0.15) is 219 Å². The fraction of sp³-hybridized carbons (Fsp3) is 0.667. The first kappa shape index (κ1) is 68.9. The molecule has 412 valence electrons. The number of carbonyl (C=O) groups excluding carboxylic acids is 1. The largest absolute Gasteiger partial charge is 0.472 e. The lowest BCUT2D eigenvalue weighted by Crippen LogP contribution is -2.45. The van der Waals surface area contributed by atoms with Gasteiger partial charge in [0, 0.05) is 6.42 Å². The molecule has 0 rings (SSSR count). The van der Waals surface area contributed by atoms with Gasteiger partial charge in [-0.25, -0.2) is 4.57 Å². The zero-order chi connectivity index (χ0) is 52.7. The molecule has 3 N–H and O–H groups in total. The van der Waals surface area contributed by atoms with Crippen molar-refractivity contribution in [2.75, 3.05) is 40.9 Å². The van der Waals surface area contributed by atoms with Gasteiger partial charge in [0.2, 0.25) is 5.91 Å². The van der Waals surface area contributed by atoms with E-state index in [9.17, 15) is 19.4 Å². The zero-order valence-electron chi connectivity index (χ0n) is 46.9. The van der Waals surface area contributed by atoms with Crippen molar-refractivity contribution < 1.29 is 32.9 Å². The van der Waals surface area contributed by atoms with Crippen molar-refractivity contribution in [3.8, 4) is 0 Å². The molecule has 0 radical (unpaired) electrons. The van der Waals surface area contributed by atoms with E-state index >= 15 is 0 Å². The van der Waals surface area contributed by atoms with Crippen molar-refractivity contribution in [2.24, 2.45) is 0 Å². The number of nitrogens with one attached hydrogen (secondary N) is 1. The Labute approximate surface area is 444 Å². The summed E-state index contributed by atoms with van der Waals surface area (Å²) in [5.41, 5.74) is 0. The van der Waals surface area contributed by atoms with Gasteiger partial charge in [-0.05, 0) is 89.9 Å². The Kier molecular flexibility index (Phi) is 50.5. The monoisotopic (exact) mass is 1020 g/mol. The molecule has 0 aromatic heterocycles. The van der Waals surface area contributed by atoms with Gasteiger partial charge in [-0.2, -0.15) is 0 Å². The number of hydrogen-bond acceptors (Lipinski definition) is 5. The van der Waals surface area contributed by atoms with Crippen LogP contribution < -0.4 is 5.32 Å². The molecule has 8 nitrogen and oxygen atoms in total. The number of phosphoric acid groups is 1. The van der Waals surface area contributed by atoms with Gasteiger partial charge in [-0.3, -0.25) is 13.8 Å². The number of unbranched alkanes of at least 4 members (excludes halogenated alkanes) is 20. The second-order valence-corrected chi connectivity index (χ2v) is 21.7. The smallest absolute Gasteiger partial charge is 0.387 e. The van der Waals surface area contributed by atoms with Gasteiger partial charge in [-0.1, -0.05) is 245 Å². The summed E-state index contributed by atoms with van der Waals surface area (Å²) in [6.45, 7) is 4.65. The Morgan fingerprint density at radius 2 is 0.833 bits per heavy atom. The number of allylic oxidation sites excluding steroid dienone is 19. The van der Waals surface area contributed by atoms with E-state index < -0.39 is 20.0 Å². The summed E-state index contributed by atoms with van der Waals surface area (Å²) >= 11 is 0. The molecule has 0 saturated carbocycles. The van der Waals surface area contributed by atoms with Crippen LogP contribution in [-0.4, -0.2) is 73.4 Å². The zero-order valence-corrected chi connectivity index (χ0v) is 47.8. The van der Waals surface area contributed by atoms with Gasteiger partial charge < -0.3 is 19.8 Å². The molecule has 0 heterocycles. The summed E-state index contributed by atoms with van der Waals surface area (Å²) in [5.74, 6) is -0.186. The SMILES string of the molecule is CC/C=C\C/C=C\C/C=C\C/C=C\C/C=C\C/C=C\C/C=C\C/C=C\C/C=C\CCCCCCCCCCCCCCCC(=O)NC(COP(=O)(O)OCC[N+](C)(C)C)C(O)/C=C/CCCCCCCCC. The molecule has 9 heteroatoms.